The lowest BCUT2D eigenvalue weighted by molar-refractivity contribution is -0.0204. The molecule has 0 aromatic heterocycles. The molecule has 2 heterocycles. The predicted octanol–water partition coefficient (Wildman–Crippen LogP) is 2.26. The molecule has 2 aliphatic heterocycles. The molecule has 0 aromatic rings. The molecule has 1 aliphatic carbocycles. The molecule has 14 heavy (non-hydrogen) atoms. The first-order chi connectivity index (χ1) is 6.88. The maximum Gasteiger partial charge on any atom is 0.0289 e. The van der Waals surface area contributed by atoms with Crippen molar-refractivity contribution in [2.45, 2.75) is 57.0 Å². The fourth-order valence-corrected chi connectivity index (χ4v) is 4.01. The van der Waals surface area contributed by atoms with Crippen LogP contribution in [-0.2, 0) is 0 Å². The monoisotopic (exact) mass is 194 g/mol. The van der Waals surface area contributed by atoms with Gasteiger partial charge in [-0.15, -0.1) is 0 Å². The summed E-state index contributed by atoms with van der Waals surface area (Å²) in [6.45, 7) is 1.33. The Kier molecular flexibility index (Phi) is 2.29. The lowest BCUT2D eigenvalue weighted by Gasteiger charge is -2.34. The second kappa shape index (κ2) is 3.49. The quantitative estimate of drug-likeness (QED) is 0.583. The number of hydrogen-bond acceptors (Lipinski definition) is 2. The standard InChI is InChI=1S/C12H22N2/c1-13-11-7-3-2-6-10(11)12-8-4-5-9-14(12)13/h10-12H,2-9H2,1H3. The smallest absolute Gasteiger partial charge is 0.0289 e. The predicted molar refractivity (Wildman–Crippen MR) is 57.9 cm³/mol. The van der Waals surface area contributed by atoms with Crippen LogP contribution in [0.25, 0.3) is 0 Å². The van der Waals surface area contributed by atoms with Crippen molar-refractivity contribution in [1.29, 1.82) is 0 Å². The minimum atomic E-state index is 0.895. The summed E-state index contributed by atoms with van der Waals surface area (Å²) < 4.78 is 0. The molecule has 0 bridgehead atoms. The van der Waals surface area contributed by atoms with Crippen LogP contribution in [0.2, 0.25) is 0 Å². The minimum absolute atomic E-state index is 0.895. The summed E-state index contributed by atoms with van der Waals surface area (Å²) in [5, 5.41) is 5.28. The van der Waals surface area contributed by atoms with Crippen molar-refractivity contribution in [3.8, 4) is 0 Å². The first-order valence-electron chi connectivity index (χ1n) is 6.37. The number of fused-ring (bicyclic) bond motifs is 3. The highest BCUT2D eigenvalue weighted by molar-refractivity contribution is 4.97. The third kappa shape index (κ3) is 1.24. The molecule has 80 valence electrons. The van der Waals surface area contributed by atoms with Gasteiger partial charge in [0.15, 0.2) is 0 Å². The third-order valence-electron chi connectivity index (χ3n) is 4.68. The average Bonchev–Trinajstić information content (AvgIpc) is 2.55. The summed E-state index contributed by atoms with van der Waals surface area (Å²) in [6.07, 6.45) is 10.2. The van der Waals surface area contributed by atoms with Crippen LogP contribution < -0.4 is 0 Å². The van der Waals surface area contributed by atoms with Crippen molar-refractivity contribution in [1.82, 2.24) is 10.0 Å². The van der Waals surface area contributed by atoms with Gasteiger partial charge >= 0.3 is 0 Å². The zero-order valence-electron chi connectivity index (χ0n) is 9.28. The number of hydrazine groups is 1. The molecule has 2 nitrogen and oxygen atoms in total. The molecule has 1 saturated carbocycles. The van der Waals surface area contributed by atoms with Crippen LogP contribution in [0.15, 0.2) is 0 Å². The van der Waals surface area contributed by atoms with E-state index in [2.05, 4.69) is 17.1 Å². The van der Waals surface area contributed by atoms with Gasteiger partial charge in [-0.3, -0.25) is 0 Å². The summed E-state index contributed by atoms with van der Waals surface area (Å²) in [6, 6.07) is 1.81. The molecule has 0 N–H and O–H groups in total. The fraction of sp³-hybridized carbons (Fsp3) is 1.00. The van der Waals surface area contributed by atoms with Gasteiger partial charge in [-0.2, -0.15) is 0 Å². The van der Waals surface area contributed by atoms with Crippen LogP contribution in [0.3, 0.4) is 0 Å². The van der Waals surface area contributed by atoms with E-state index in [9.17, 15) is 0 Å². The maximum atomic E-state index is 2.68. The zero-order valence-corrected chi connectivity index (χ0v) is 9.28. The second-order valence-corrected chi connectivity index (χ2v) is 5.32. The molecule has 0 amide bonds. The van der Waals surface area contributed by atoms with Crippen molar-refractivity contribution in [3.63, 3.8) is 0 Å². The van der Waals surface area contributed by atoms with Crippen LogP contribution >= 0.6 is 0 Å². The zero-order chi connectivity index (χ0) is 9.54. The van der Waals surface area contributed by atoms with Crippen LogP contribution in [0.5, 0.6) is 0 Å². The van der Waals surface area contributed by atoms with E-state index in [1.165, 1.54) is 51.5 Å². The Balaban J connectivity index is 1.83. The van der Waals surface area contributed by atoms with Crippen molar-refractivity contribution in [2.75, 3.05) is 13.6 Å². The largest absolute Gasteiger partial charge is 0.241 e. The highest BCUT2D eigenvalue weighted by Crippen LogP contribution is 2.42. The van der Waals surface area contributed by atoms with Gasteiger partial charge in [0.05, 0.1) is 0 Å². The number of nitrogens with zero attached hydrogens (tertiary/aromatic N) is 2. The molecule has 0 radical (unpaired) electrons. The molecule has 0 aromatic carbocycles. The molecule has 3 unspecified atom stereocenters. The van der Waals surface area contributed by atoms with Gasteiger partial charge in [-0.1, -0.05) is 19.3 Å². The van der Waals surface area contributed by atoms with Crippen LogP contribution in [0.4, 0.5) is 0 Å². The Labute approximate surface area is 87.2 Å². The summed E-state index contributed by atoms with van der Waals surface area (Å²) in [7, 11) is 2.33. The highest BCUT2D eigenvalue weighted by Gasteiger charge is 2.46. The SMILES string of the molecule is CN1C2CCCCC2C2CCCCN21. The van der Waals surface area contributed by atoms with Crippen LogP contribution in [0.1, 0.15) is 44.9 Å². The number of piperidine rings is 1. The van der Waals surface area contributed by atoms with E-state index in [0.717, 1.165) is 18.0 Å². The van der Waals surface area contributed by atoms with Gasteiger partial charge in [0.2, 0.25) is 0 Å². The summed E-state index contributed by atoms with van der Waals surface area (Å²) in [5.41, 5.74) is 0. The van der Waals surface area contributed by atoms with Gasteiger partial charge in [0.25, 0.3) is 0 Å². The molecular formula is C12H22N2. The van der Waals surface area contributed by atoms with E-state index in [1.807, 2.05) is 0 Å². The Morgan fingerprint density at radius 2 is 1.57 bits per heavy atom. The molecule has 0 spiro atoms. The van der Waals surface area contributed by atoms with Gasteiger partial charge in [0, 0.05) is 25.7 Å². The van der Waals surface area contributed by atoms with Gasteiger partial charge in [0.1, 0.15) is 0 Å². The van der Waals surface area contributed by atoms with E-state index in [1.54, 1.807) is 0 Å². The lowest BCUT2D eigenvalue weighted by atomic mass is 9.79. The van der Waals surface area contributed by atoms with Gasteiger partial charge in [-0.25, -0.2) is 10.0 Å². The van der Waals surface area contributed by atoms with Gasteiger partial charge < -0.3 is 0 Å². The highest BCUT2D eigenvalue weighted by atomic mass is 15.7. The Morgan fingerprint density at radius 1 is 0.857 bits per heavy atom. The molecule has 2 saturated heterocycles. The van der Waals surface area contributed by atoms with E-state index < -0.39 is 0 Å². The van der Waals surface area contributed by atoms with E-state index in [4.69, 9.17) is 0 Å². The van der Waals surface area contributed by atoms with Crippen molar-refractivity contribution in [2.24, 2.45) is 5.92 Å². The third-order valence-corrected chi connectivity index (χ3v) is 4.68. The Bertz CT molecular complexity index is 194. The molecule has 3 atom stereocenters. The molecule has 3 rings (SSSR count). The van der Waals surface area contributed by atoms with Crippen LogP contribution in [0, 0.1) is 5.92 Å². The van der Waals surface area contributed by atoms with E-state index in [-0.39, 0.29) is 0 Å². The first-order valence-corrected chi connectivity index (χ1v) is 6.37. The Hall–Kier alpha value is -0.0800. The Morgan fingerprint density at radius 3 is 2.50 bits per heavy atom. The topological polar surface area (TPSA) is 6.48 Å². The van der Waals surface area contributed by atoms with Crippen molar-refractivity contribution >= 4 is 0 Å². The number of hydrogen-bond donors (Lipinski definition) is 0. The summed E-state index contributed by atoms with van der Waals surface area (Å²) in [5.74, 6) is 1.01. The number of rotatable bonds is 0. The maximum absolute atomic E-state index is 2.68. The lowest BCUT2D eigenvalue weighted by Crippen LogP contribution is -2.43. The van der Waals surface area contributed by atoms with E-state index in [0.29, 0.717) is 0 Å². The van der Waals surface area contributed by atoms with Crippen LogP contribution in [-0.4, -0.2) is 35.7 Å². The molecule has 2 heteroatoms. The van der Waals surface area contributed by atoms with Crippen molar-refractivity contribution in [3.05, 3.63) is 0 Å². The molecule has 3 fully saturated rings. The minimum Gasteiger partial charge on any atom is -0.241 e. The van der Waals surface area contributed by atoms with Gasteiger partial charge in [-0.05, 0) is 31.6 Å². The summed E-state index contributed by atoms with van der Waals surface area (Å²) >= 11 is 0. The fourth-order valence-electron chi connectivity index (χ4n) is 4.01. The average molecular weight is 194 g/mol. The second-order valence-electron chi connectivity index (χ2n) is 5.32. The molecule has 3 aliphatic rings. The molecular weight excluding hydrogens is 172 g/mol. The summed E-state index contributed by atoms with van der Waals surface area (Å²) in [4.78, 5) is 0. The first kappa shape index (κ1) is 9.17. The normalized spacial score (nSPS) is 44.8. The van der Waals surface area contributed by atoms with E-state index >= 15 is 0 Å². The van der Waals surface area contributed by atoms with Crippen molar-refractivity contribution < 1.29 is 0 Å².